The van der Waals surface area contributed by atoms with Crippen LogP contribution in [0.1, 0.15) is 5.56 Å². The molecular weight excluding hydrogens is 477 g/mol. The number of aromatic nitrogens is 3. The maximum Gasteiger partial charge on any atom is 0.250 e. The van der Waals surface area contributed by atoms with Crippen LogP contribution in [0.2, 0.25) is 5.02 Å². The number of ether oxygens (including phenoxy) is 1. The van der Waals surface area contributed by atoms with Gasteiger partial charge in [0.05, 0.1) is 19.1 Å². The van der Waals surface area contributed by atoms with Crippen molar-refractivity contribution in [3.63, 3.8) is 0 Å². The fourth-order valence-corrected chi connectivity index (χ4v) is 3.87. The monoisotopic (exact) mass is 495 g/mol. The van der Waals surface area contributed by atoms with E-state index in [1.165, 1.54) is 30.1 Å². The van der Waals surface area contributed by atoms with Crippen molar-refractivity contribution in [3.8, 4) is 22.8 Å². The Labute approximate surface area is 204 Å². The molecule has 1 amide bonds. The zero-order valence-corrected chi connectivity index (χ0v) is 19.6. The Morgan fingerprint density at radius 2 is 1.79 bits per heavy atom. The summed E-state index contributed by atoms with van der Waals surface area (Å²) in [5.74, 6) is 0.752. The van der Waals surface area contributed by atoms with Gasteiger partial charge in [0.15, 0.2) is 11.0 Å². The van der Waals surface area contributed by atoms with E-state index in [2.05, 4.69) is 20.7 Å². The molecule has 0 saturated heterocycles. The third-order valence-corrected chi connectivity index (χ3v) is 5.85. The summed E-state index contributed by atoms with van der Waals surface area (Å²) >= 11 is 7.28. The Morgan fingerprint density at radius 3 is 2.47 bits per heavy atom. The first-order valence-electron chi connectivity index (χ1n) is 10.1. The highest BCUT2D eigenvalue weighted by atomic mass is 35.5. The van der Waals surface area contributed by atoms with Crippen LogP contribution in [0.15, 0.2) is 83.1 Å². The molecule has 3 aromatic carbocycles. The summed E-state index contributed by atoms with van der Waals surface area (Å²) in [6.07, 6.45) is 1.44. The van der Waals surface area contributed by atoms with Gasteiger partial charge in [-0.15, -0.1) is 10.2 Å². The summed E-state index contributed by atoms with van der Waals surface area (Å²) in [6.45, 7) is 0. The average molecular weight is 496 g/mol. The van der Waals surface area contributed by atoms with Gasteiger partial charge in [-0.25, -0.2) is 9.82 Å². The molecule has 34 heavy (non-hydrogen) atoms. The van der Waals surface area contributed by atoms with E-state index >= 15 is 0 Å². The summed E-state index contributed by atoms with van der Waals surface area (Å²) in [7, 11) is 1.61. The molecule has 0 saturated carbocycles. The molecule has 0 fully saturated rings. The first kappa shape index (κ1) is 23.5. The van der Waals surface area contributed by atoms with Crippen molar-refractivity contribution in [1.29, 1.82) is 0 Å². The second kappa shape index (κ2) is 11.0. The molecule has 172 valence electrons. The van der Waals surface area contributed by atoms with Crippen LogP contribution in [0.25, 0.3) is 17.1 Å². The van der Waals surface area contributed by atoms with Crippen LogP contribution in [0.4, 0.5) is 4.39 Å². The molecule has 4 aromatic rings. The van der Waals surface area contributed by atoms with Gasteiger partial charge in [0.25, 0.3) is 5.91 Å². The van der Waals surface area contributed by atoms with Crippen molar-refractivity contribution in [1.82, 2.24) is 20.2 Å². The van der Waals surface area contributed by atoms with E-state index in [1.54, 1.807) is 31.4 Å². The number of benzene rings is 3. The Hall–Kier alpha value is -3.69. The maximum absolute atomic E-state index is 13.0. The Kier molecular flexibility index (Phi) is 7.56. The van der Waals surface area contributed by atoms with Crippen molar-refractivity contribution in [3.05, 3.63) is 89.2 Å². The number of hydrogen-bond acceptors (Lipinski definition) is 6. The SMILES string of the molecule is COc1ccc(-c2nnc(SCC(=O)N/N=C\c3ccc(F)cc3)n2-c2ccc(Cl)cc2)cc1. The van der Waals surface area contributed by atoms with Gasteiger partial charge in [-0.05, 0) is 66.2 Å². The molecule has 10 heteroatoms. The van der Waals surface area contributed by atoms with Crippen LogP contribution >= 0.6 is 23.4 Å². The number of nitrogens with zero attached hydrogens (tertiary/aromatic N) is 4. The quantitative estimate of drug-likeness (QED) is 0.212. The molecule has 0 aliphatic carbocycles. The number of methoxy groups -OCH3 is 1. The van der Waals surface area contributed by atoms with Crippen molar-refractivity contribution in [2.75, 3.05) is 12.9 Å². The summed E-state index contributed by atoms with van der Waals surface area (Å²) < 4.78 is 20.1. The predicted molar refractivity (Wildman–Crippen MR) is 131 cm³/mol. The molecule has 0 radical (unpaired) electrons. The summed E-state index contributed by atoms with van der Waals surface area (Å²) in [5.41, 5.74) is 4.77. The van der Waals surface area contributed by atoms with Crippen molar-refractivity contribution in [2.45, 2.75) is 5.16 Å². The van der Waals surface area contributed by atoms with Crippen molar-refractivity contribution in [2.24, 2.45) is 5.10 Å². The summed E-state index contributed by atoms with van der Waals surface area (Å²) in [5, 5.41) is 13.7. The standard InChI is InChI=1S/C24H19ClFN5O2S/c1-33-21-12-4-17(5-13-21)23-29-30-24(31(23)20-10-6-18(25)7-11-20)34-15-22(32)28-27-14-16-2-8-19(26)9-3-16/h2-14H,15H2,1H3,(H,28,32)/b27-14-. The normalized spacial score (nSPS) is 11.0. The molecule has 1 heterocycles. The molecule has 0 aliphatic heterocycles. The molecule has 0 unspecified atom stereocenters. The summed E-state index contributed by atoms with van der Waals surface area (Å²) in [4.78, 5) is 12.3. The first-order valence-corrected chi connectivity index (χ1v) is 11.5. The Bertz CT molecular complexity index is 1290. The lowest BCUT2D eigenvalue weighted by Gasteiger charge is -2.11. The molecule has 0 aliphatic rings. The number of hydrogen-bond donors (Lipinski definition) is 1. The Morgan fingerprint density at radius 1 is 1.09 bits per heavy atom. The molecule has 0 bridgehead atoms. The van der Waals surface area contributed by atoms with Gasteiger partial charge in [-0.2, -0.15) is 5.10 Å². The molecular formula is C24H19ClFN5O2S. The predicted octanol–water partition coefficient (Wildman–Crippen LogP) is 4.98. The average Bonchev–Trinajstić information content (AvgIpc) is 3.28. The van der Waals surface area contributed by atoms with Crippen LogP contribution in [0.3, 0.4) is 0 Å². The van der Waals surface area contributed by atoms with Gasteiger partial charge in [0.2, 0.25) is 0 Å². The number of carbonyl (C=O) groups is 1. The van der Waals surface area contributed by atoms with E-state index in [1.807, 2.05) is 41.0 Å². The lowest BCUT2D eigenvalue weighted by atomic mass is 10.2. The van der Waals surface area contributed by atoms with E-state index in [9.17, 15) is 9.18 Å². The molecule has 1 aromatic heterocycles. The summed E-state index contributed by atoms with van der Waals surface area (Å²) in [6, 6.07) is 20.5. The molecule has 1 N–H and O–H groups in total. The van der Waals surface area contributed by atoms with Crippen LogP contribution in [0, 0.1) is 5.82 Å². The third-order valence-electron chi connectivity index (χ3n) is 4.67. The minimum Gasteiger partial charge on any atom is -0.497 e. The van der Waals surface area contributed by atoms with E-state index in [4.69, 9.17) is 16.3 Å². The lowest BCUT2D eigenvalue weighted by molar-refractivity contribution is -0.118. The minimum absolute atomic E-state index is 0.0646. The second-order valence-corrected chi connectivity index (χ2v) is 8.36. The highest BCUT2D eigenvalue weighted by Gasteiger charge is 2.17. The topological polar surface area (TPSA) is 81.4 Å². The third kappa shape index (κ3) is 5.81. The fourth-order valence-electron chi connectivity index (χ4n) is 3.00. The van der Waals surface area contributed by atoms with Gasteiger partial charge < -0.3 is 4.74 Å². The van der Waals surface area contributed by atoms with Crippen molar-refractivity contribution < 1.29 is 13.9 Å². The lowest BCUT2D eigenvalue weighted by Crippen LogP contribution is -2.20. The highest BCUT2D eigenvalue weighted by Crippen LogP contribution is 2.29. The van der Waals surface area contributed by atoms with Crippen LogP contribution in [-0.4, -0.2) is 39.7 Å². The van der Waals surface area contributed by atoms with E-state index in [0.29, 0.717) is 21.6 Å². The highest BCUT2D eigenvalue weighted by molar-refractivity contribution is 7.99. The van der Waals surface area contributed by atoms with Gasteiger partial charge in [0, 0.05) is 16.3 Å². The minimum atomic E-state index is -0.337. The largest absolute Gasteiger partial charge is 0.497 e. The molecule has 7 nitrogen and oxygen atoms in total. The fraction of sp³-hybridized carbons (Fsp3) is 0.0833. The second-order valence-electron chi connectivity index (χ2n) is 6.98. The van der Waals surface area contributed by atoms with E-state index in [0.717, 1.165) is 17.0 Å². The smallest absolute Gasteiger partial charge is 0.250 e. The van der Waals surface area contributed by atoms with E-state index in [-0.39, 0.29) is 17.5 Å². The molecule has 0 spiro atoms. The molecule has 0 atom stereocenters. The van der Waals surface area contributed by atoms with Gasteiger partial charge in [-0.3, -0.25) is 9.36 Å². The maximum atomic E-state index is 13.0. The Balaban J connectivity index is 1.51. The van der Waals surface area contributed by atoms with Gasteiger partial charge in [0.1, 0.15) is 11.6 Å². The van der Waals surface area contributed by atoms with Gasteiger partial charge in [-0.1, -0.05) is 35.5 Å². The van der Waals surface area contributed by atoms with Crippen LogP contribution in [-0.2, 0) is 4.79 Å². The first-order chi connectivity index (χ1) is 16.5. The van der Waals surface area contributed by atoms with Crippen LogP contribution < -0.4 is 10.2 Å². The number of thioether (sulfide) groups is 1. The zero-order valence-electron chi connectivity index (χ0n) is 18.0. The number of halogens is 2. The van der Waals surface area contributed by atoms with Gasteiger partial charge >= 0.3 is 0 Å². The number of amides is 1. The number of rotatable bonds is 8. The van der Waals surface area contributed by atoms with E-state index < -0.39 is 0 Å². The number of carbonyl (C=O) groups excluding carboxylic acids is 1. The van der Waals surface area contributed by atoms with Crippen molar-refractivity contribution >= 4 is 35.5 Å². The number of hydrazone groups is 1. The molecule has 4 rings (SSSR count). The number of nitrogens with one attached hydrogen (secondary N) is 1. The zero-order chi connectivity index (χ0) is 23.9. The van der Waals surface area contributed by atoms with Crippen LogP contribution in [0.5, 0.6) is 5.75 Å².